The molecule has 114 valence electrons. The summed E-state index contributed by atoms with van der Waals surface area (Å²) < 4.78 is 11.2. The first-order chi connectivity index (χ1) is 9.70. The van der Waals surface area contributed by atoms with Crippen LogP contribution in [0.1, 0.15) is 64.0 Å². The summed E-state index contributed by atoms with van der Waals surface area (Å²) >= 11 is 0. The molecule has 0 aliphatic rings. The van der Waals surface area contributed by atoms with E-state index in [-0.39, 0.29) is 6.04 Å². The second-order valence-electron chi connectivity index (χ2n) is 5.28. The smallest absolute Gasteiger partial charge is 0.127 e. The van der Waals surface area contributed by atoms with E-state index in [2.05, 4.69) is 6.92 Å². The fraction of sp³-hybridized carbons (Fsp3) is 0.647. The first-order valence-electron chi connectivity index (χ1n) is 7.76. The Balaban J connectivity index is 2.43. The van der Waals surface area contributed by atoms with Gasteiger partial charge in [-0.25, -0.2) is 0 Å². The molecule has 3 heteroatoms. The van der Waals surface area contributed by atoms with Crippen molar-refractivity contribution in [3.8, 4) is 11.5 Å². The maximum atomic E-state index is 6.02. The molecule has 0 fully saturated rings. The molecule has 0 aromatic heterocycles. The van der Waals surface area contributed by atoms with Gasteiger partial charge in [-0.1, -0.05) is 45.1 Å². The molecule has 0 aliphatic carbocycles. The quantitative estimate of drug-likeness (QED) is 0.643. The zero-order valence-corrected chi connectivity index (χ0v) is 13.2. The molecule has 20 heavy (non-hydrogen) atoms. The maximum Gasteiger partial charge on any atom is 0.127 e. The molecule has 0 aliphatic heterocycles. The Morgan fingerprint density at radius 3 is 2.35 bits per heavy atom. The third-order valence-electron chi connectivity index (χ3n) is 3.46. The monoisotopic (exact) mass is 279 g/mol. The molecular weight excluding hydrogens is 250 g/mol. The van der Waals surface area contributed by atoms with E-state index in [1.165, 1.54) is 32.1 Å². The van der Waals surface area contributed by atoms with E-state index in [4.69, 9.17) is 15.2 Å². The van der Waals surface area contributed by atoms with Crippen LogP contribution in [-0.2, 0) is 0 Å². The van der Waals surface area contributed by atoms with Gasteiger partial charge in [0.2, 0.25) is 0 Å². The molecule has 0 heterocycles. The molecule has 0 amide bonds. The van der Waals surface area contributed by atoms with E-state index in [0.29, 0.717) is 0 Å². The first kappa shape index (κ1) is 16.8. The molecule has 1 rings (SSSR count). The number of hydrogen-bond acceptors (Lipinski definition) is 3. The predicted octanol–water partition coefficient (Wildman–Crippen LogP) is 4.45. The van der Waals surface area contributed by atoms with Crippen LogP contribution in [0.25, 0.3) is 0 Å². The molecule has 1 unspecified atom stereocenters. The highest BCUT2D eigenvalue weighted by atomic mass is 16.5. The third kappa shape index (κ3) is 5.41. The minimum atomic E-state index is -0.0919. The van der Waals surface area contributed by atoms with Gasteiger partial charge in [-0.05, 0) is 25.5 Å². The lowest BCUT2D eigenvalue weighted by molar-refractivity contribution is 0.296. The van der Waals surface area contributed by atoms with Crippen molar-refractivity contribution in [3.63, 3.8) is 0 Å². The van der Waals surface area contributed by atoms with Gasteiger partial charge in [0.25, 0.3) is 0 Å². The molecule has 0 bridgehead atoms. The van der Waals surface area contributed by atoms with Crippen molar-refractivity contribution in [2.45, 2.75) is 58.4 Å². The van der Waals surface area contributed by atoms with Crippen LogP contribution in [0.4, 0.5) is 0 Å². The summed E-state index contributed by atoms with van der Waals surface area (Å²) in [6, 6.07) is 5.75. The van der Waals surface area contributed by atoms with Gasteiger partial charge in [-0.3, -0.25) is 0 Å². The van der Waals surface area contributed by atoms with Crippen LogP contribution in [0.15, 0.2) is 18.2 Å². The van der Waals surface area contributed by atoms with Gasteiger partial charge in [0.1, 0.15) is 11.5 Å². The van der Waals surface area contributed by atoms with Crippen molar-refractivity contribution in [2.24, 2.45) is 5.73 Å². The molecule has 0 saturated carbocycles. The standard InChI is InChI=1S/C17H29NO2/c1-4-5-6-7-8-9-13-20-16-12-10-11-15(19-3)17(16)14(2)18/h10-12,14H,4-9,13,18H2,1-3H3. The fourth-order valence-corrected chi connectivity index (χ4v) is 2.34. The Labute approximate surface area is 123 Å². The van der Waals surface area contributed by atoms with E-state index in [1.807, 2.05) is 25.1 Å². The van der Waals surface area contributed by atoms with Gasteiger partial charge >= 0.3 is 0 Å². The Morgan fingerprint density at radius 2 is 1.70 bits per heavy atom. The molecule has 0 saturated heterocycles. The second-order valence-corrected chi connectivity index (χ2v) is 5.28. The van der Waals surface area contributed by atoms with Crippen LogP contribution in [-0.4, -0.2) is 13.7 Å². The summed E-state index contributed by atoms with van der Waals surface area (Å²) in [7, 11) is 1.67. The van der Waals surface area contributed by atoms with E-state index in [0.717, 1.165) is 30.1 Å². The molecule has 1 atom stereocenters. The number of ether oxygens (including phenoxy) is 2. The van der Waals surface area contributed by atoms with Gasteiger partial charge in [-0.15, -0.1) is 0 Å². The molecule has 2 N–H and O–H groups in total. The Bertz CT molecular complexity index is 377. The Hall–Kier alpha value is -1.22. The number of nitrogens with two attached hydrogens (primary N) is 1. The molecule has 1 aromatic carbocycles. The summed E-state index contributed by atoms with van der Waals surface area (Å²) in [5.41, 5.74) is 6.98. The molecule has 0 radical (unpaired) electrons. The zero-order valence-electron chi connectivity index (χ0n) is 13.2. The van der Waals surface area contributed by atoms with Crippen LogP contribution < -0.4 is 15.2 Å². The molecule has 0 spiro atoms. The lowest BCUT2D eigenvalue weighted by atomic mass is 10.1. The lowest BCUT2D eigenvalue weighted by Gasteiger charge is -2.17. The predicted molar refractivity (Wildman–Crippen MR) is 84.5 cm³/mol. The lowest BCUT2D eigenvalue weighted by Crippen LogP contribution is -2.10. The Morgan fingerprint density at radius 1 is 1.05 bits per heavy atom. The number of benzene rings is 1. The van der Waals surface area contributed by atoms with E-state index >= 15 is 0 Å². The normalized spacial score (nSPS) is 12.2. The molecular formula is C17H29NO2. The van der Waals surface area contributed by atoms with Crippen LogP contribution in [0.2, 0.25) is 0 Å². The van der Waals surface area contributed by atoms with Crippen molar-refractivity contribution in [2.75, 3.05) is 13.7 Å². The van der Waals surface area contributed by atoms with Gasteiger partial charge in [0.05, 0.1) is 19.3 Å². The number of rotatable bonds is 10. The van der Waals surface area contributed by atoms with E-state index < -0.39 is 0 Å². The van der Waals surface area contributed by atoms with Gasteiger partial charge in [0, 0.05) is 6.04 Å². The third-order valence-corrected chi connectivity index (χ3v) is 3.46. The van der Waals surface area contributed by atoms with Crippen LogP contribution >= 0.6 is 0 Å². The summed E-state index contributed by atoms with van der Waals surface area (Å²) in [6.07, 6.45) is 7.59. The van der Waals surface area contributed by atoms with E-state index in [1.54, 1.807) is 7.11 Å². The van der Waals surface area contributed by atoms with Crippen molar-refractivity contribution in [1.82, 2.24) is 0 Å². The largest absolute Gasteiger partial charge is 0.496 e. The van der Waals surface area contributed by atoms with Crippen molar-refractivity contribution < 1.29 is 9.47 Å². The van der Waals surface area contributed by atoms with Crippen LogP contribution in [0, 0.1) is 0 Å². The summed E-state index contributed by atoms with van der Waals surface area (Å²) in [6.45, 7) is 4.94. The van der Waals surface area contributed by atoms with Crippen LogP contribution in [0.5, 0.6) is 11.5 Å². The van der Waals surface area contributed by atoms with Crippen molar-refractivity contribution in [1.29, 1.82) is 0 Å². The van der Waals surface area contributed by atoms with Gasteiger partial charge < -0.3 is 15.2 Å². The SMILES string of the molecule is CCCCCCCCOc1cccc(OC)c1C(C)N. The number of methoxy groups -OCH3 is 1. The van der Waals surface area contributed by atoms with Gasteiger partial charge in [-0.2, -0.15) is 0 Å². The number of unbranched alkanes of at least 4 members (excludes halogenated alkanes) is 5. The summed E-state index contributed by atoms with van der Waals surface area (Å²) in [5, 5.41) is 0. The fourth-order valence-electron chi connectivity index (χ4n) is 2.34. The summed E-state index contributed by atoms with van der Waals surface area (Å²) in [5.74, 6) is 1.66. The topological polar surface area (TPSA) is 44.5 Å². The minimum absolute atomic E-state index is 0.0919. The number of hydrogen-bond donors (Lipinski definition) is 1. The average molecular weight is 279 g/mol. The van der Waals surface area contributed by atoms with Crippen LogP contribution in [0.3, 0.4) is 0 Å². The highest BCUT2D eigenvalue weighted by Gasteiger charge is 2.13. The Kier molecular flexibility index (Phi) is 8.12. The zero-order chi connectivity index (χ0) is 14.8. The molecule has 3 nitrogen and oxygen atoms in total. The summed E-state index contributed by atoms with van der Waals surface area (Å²) in [4.78, 5) is 0. The van der Waals surface area contributed by atoms with Gasteiger partial charge in [0.15, 0.2) is 0 Å². The van der Waals surface area contributed by atoms with Crippen molar-refractivity contribution >= 4 is 0 Å². The maximum absolute atomic E-state index is 6.02. The minimum Gasteiger partial charge on any atom is -0.496 e. The first-order valence-corrected chi connectivity index (χ1v) is 7.76. The average Bonchev–Trinajstić information content (AvgIpc) is 2.45. The highest BCUT2D eigenvalue weighted by Crippen LogP contribution is 2.32. The van der Waals surface area contributed by atoms with Crippen molar-refractivity contribution in [3.05, 3.63) is 23.8 Å². The highest BCUT2D eigenvalue weighted by molar-refractivity contribution is 5.46. The molecule has 1 aromatic rings. The van der Waals surface area contributed by atoms with E-state index in [9.17, 15) is 0 Å². The second kappa shape index (κ2) is 9.65.